The van der Waals surface area contributed by atoms with Crippen LogP contribution in [-0.2, 0) is 16.6 Å². The van der Waals surface area contributed by atoms with Crippen molar-refractivity contribution in [1.82, 2.24) is 15.1 Å². The van der Waals surface area contributed by atoms with Crippen LogP contribution >= 0.6 is 0 Å². The SMILES string of the molecule is CC1C/C(=C2\NC(c3ccnn3C)OC2=O)C1C. The van der Waals surface area contributed by atoms with Crippen LogP contribution in [0.25, 0.3) is 0 Å². The van der Waals surface area contributed by atoms with Crippen molar-refractivity contribution in [2.24, 2.45) is 18.9 Å². The number of hydrogen-bond acceptors (Lipinski definition) is 4. The molecule has 1 aromatic rings. The molecule has 1 aromatic heterocycles. The van der Waals surface area contributed by atoms with Crippen LogP contribution in [0.1, 0.15) is 32.2 Å². The first kappa shape index (κ1) is 11.3. The zero-order valence-corrected chi connectivity index (χ0v) is 10.8. The highest BCUT2D eigenvalue weighted by Gasteiger charge is 2.39. The van der Waals surface area contributed by atoms with E-state index in [-0.39, 0.29) is 5.97 Å². The minimum Gasteiger partial charge on any atom is -0.431 e. The highest BCUT2D eigenvalue weighted by atomic mass is 16.6. The van der Waals surface area contributed by atoms with Crippen molar-refractivity contribution >= 4 is 5.97 Å². The summed E-state index contributed by atoms with van der Waals surface area (Å²) in [7, 11) is 1.84. The normalized spacial score (nSPS) is 35.1. The lowest BCUT2D eigenvalue weighted by atomic mass is 9.70. The van der Waals surface area contributed by atoms with Gasteiger partial charge in [0, 0.05) is 13.2 Å². The molecule has 0 radical (unpaired) electrons. The minimum atomic E-state index is -0.407. The van der Waals surface area contributed by atoms with Crippen LogP contribution in [0.15, 0.2) is 23.5 Å². The highest BCUT2D eigenvalue weighted by molar-refractivity contribution is 5.91. The number of cyclic esters (lactones) is 1. The van der Waals surface area contributed by atoms with Crippen LogP contribution < -0.4 is 5.32 Å². The number of aryl methyl sites for hydroxylation is 1. The van der Waals surface area contributed by atoms with Gasteiger partial charge in [-0.2, -0.15) is 5.10 Å². The van der Waals surface area contributed by atoms with E-state index in [1.54, 1.807) is 10.9 Å². The monoisotopic (exact) mass is 247 g/mol. The average molecular weight is 247 g/mol. The number of esters is 1. The number of rotatable bonds is 1. The molecule has 0 amide bonds. The van der Waals surface area contributed by atoms with Crippen molar-refractivity contribution in [3.05, 3.63) is 29.2 Å². The number of allylic oxidation sites excluding steroid dienone is 1. The van der Waals surface area contributed by atoms with Gasteiger partial charge in [-0.1, -0.05) is 13.8 Å². The van der Waals surface area contributed by atoms with Crippen LogP contribution in [0.3, 0.4) is 0 Å². The number of ether oxygens (including phenoxy) is 1. The third kappa shape index (κ3) is 1.54. The molecule has 0 aromatic carbocycles. The van der Waals surface area contributed by atoms with Crippen molar-refractivity contribution < 1.29 is 9.53 Å². The molecule has 2 heterocycles. The number of nitrogens with zero attached hydrogens (tertiary/aromatic N) is 2. The van der Waals surface area contributed by atoms with Crippen molar-refractivity contribution in [3.63, 3.8) is 0 Å². The molecule has 1 aliphatic heterocycles. The lowest BCUT2D eigenvalue weighted by Crippen LogP contribution is -2.29. The Morgan fingerprint density at radius 1 is 1.50 bits per heavy atom. The first-order chi connectivity index (χ1) is 8.58. The summed E-state index contributed by atoms with van der Waals surface area (Å²) in [5.41, 5.74) is 2.71. The van der Waals surface area contributed by atoms with Gasteiger partial charge in [-0.05, 0) is 29.9 Å². The molecule has 5 heteroatoms. The van der Waals surface area contributed by atoms with E-state index in [9.17, 15) is 4.79 Å². The summed E-state index contributed by atoms with van der Waals surface area (Å²) in [5, 5.41) is 7.27. The van der Waals surface area contributed by atoms with Crippen molar-refractivity contribution in [2.45, 2.75) is 26.5 Å². The van der Waals surface area contributed by atoms with Crippen molar-refractivity contribution in [2.75, 3.05) is 0 Å². The van der Waals surface area contributed by atoms with Crippen LogP contribution in [-0.4, -0.2) is 15.7 Å². The Hall–Kier alpha value is -1.78. The van der Waals surface area contributed by atoms with Crippen LogP contribution in [0.5, 0.6) is 0 Å². The second-order valence-corrected chi connectivity index (χ2v) is 5.18. The van der Waals surface area contributed by atoms with Gasteiger partial charge in [0.25, 0.3) is 0 Å². The standard InChI is InChI=1S/C13H17N3O2/c1-7-6-9(8(7)2)11-13(17)18-12(15-11)10-4-5-14-16(10)3/h4-5,7-8,12,15H,6H2,1-3H3/b11-9+. The Kier molecular flexibility index (Phi) is 2.43. The van der Waals surface area contributed by atoms with E-state index in [0.717, 1.165) is 12.1 Å². The first-order valence-electron chi connectivity index (χ1n) is 6.26. The Morgan fingerprint density at radius 3 is 2.83 bits per heavy atom. The Bertz CT molecular complexity index is 532. The smallest absolute Gasteiger partial charge is 0.356 e. The predicted octanol–water partition coefficient (Wildman–Crippen LogP) is 1.50. The fraction of sp³-hybridized carbons (Fsp3) is 0.538. The number of aromatic nitrogens is 2. The van der Waals surface area contributed by atoms with Gasteiger partial charge in [-0.15, -0.1) is 0 Å². The minimum absolute atomic E-state index is 0.241. The van der Waals surface area contributed by atoms with Gasteiger partial charge < -0.3 is 10.1 Å². The fourth-order valence-corrected chi connectivity index (χ4v) is 2.61. The molecular formula is C13H17N3O2. The second kappa shape index (κ2) is 3.86. The summed E-state index contributed by atoms with van der Waals surface area (Å²) >= 11 is 0. The van der Waals surface area contributed by atoms with E-state index < -0.39 is 6.23 Å². The third-order valence-electron chi connectivity index (χ3n) is 4.10. The highest BCUT2D eigenvalue weighted by Crippen LogP contribution is 2.42. The topological polar surface area (TPSA) is 56.1 Å². The van der Waals surface area contributed by atoms with E-state index in [4.69, 9.17) is 4.74 Å². The molecule has 3 unspecified atom stereocenters. The second-order valence-electron chi connectivity index (χ2n) is 5.18. The number of nitrogens with one attached hydrogen (secondary N) is 1. The maximum absolute atomic E-state index is 11.9. The molecule has 96 valence electrons. The molecule has 1 aliphatic carbocycles. The van der Waals surface area contributed by atoms with Crippen molar-refractivity contribution in [3.8, 4) is 0 Å². The van der Waals surface area contributed by atoms with Gasteiger partial charge in [0.05, 0.1) is 5.69 Å². The predicted molar refractivity (Wildman–Crippen MR) is 65.1 cm³/mol. The van der Waals surface area contributed by atoms with Crippen molar-refractivity contribution in [1.29, 1.82) is 0 Å². The molecule has 1 N–H and O–H groups in total. The Morgan fingerprint density at radius 2 is 2.28 bits per heavy atom. The van der Waals surface area contributed by atoms with Gasteiger partial charge in [0.15, 0.2) is 0 Å². The average Bonchev–Trinajstić information content (AvgIpc) is 2.92. The summed E-state index contributed by atoms with van der Waals surface area (Å²) in [6, 6.07) is 1.85. The van der Waals surface area contributed by atoms with Gasteiger partial charge in [0.1, 0.15) is 5.70 Å². The largest absolute Gasteiger partial charge is 0.431 e. The molecular weight excluding hydrogens is 230 g/mol. The summed E-state index contributed by atoms with van der Waals surface area (Å²) in [4.78, 5) is 11.9. The lowest BCUT2D eigenvalue weighted by molar-refractivity contribution is -0.139. The Labute approximate surface area is 106 Å². The van der Waals surface area contributed by atoms with Gasteiger partial charge in [-0.3, -0.25) is 4.68 Å². The van der Waals surface area contributed by atoms with Crippen LogP contribution in [0.2, 0.25) is 0 Å². The zero-order valence-electron chi connectivity index (χ0n) is 10.8. The zero-order chi connectivity index (χ0) is 12.9. The molecule has 5 nitrogen and oxygen atoms in total. The Balaban J connectivity index is 1.86. The maximum atomic E-state index is 11.9. The van der Waals surface area contributed by atoms with Gasteiger partial charge in [0.2, 0.25) is 6.23 Å². The number of hydrogen-bond donors (Lipinski definition) is 1. The first-order valence-corrected chi connectivity index (χ1v) is 6.26. The molecule has 1 saturated heterocycles. The summed E-state index contributed by atoms with van der Waals surface area (Å²) in [5.74, 6) is 0.873. The summed E-state index contributed by atoms with van der Waals surface area (Å²) in [6.45, 7) is 4.36. The molecule has 3 atom stereocenters. The lowest BCUT2D eigenvalue weighted by Gasteiger charge is -2.35. The number of carbonyl (C=O) groups is 1. The quantitative estimate of drug-likeness (QED) is 0.603. The molecule has 3 rings (SSSR count). The van der Waals surface area contributed by atoms with E-state index in [1.807, 2.05) is 13.1 Å². The van der Waals surface area contributed by atoms with E-state index in [1.165, 1.54) is 5.57 Å². The fourth-order valence-electron chi connectivity index (χ4n) is 2.61. The number of carbonyl (C=O) groups excluding carboxylic acids is 1. The summed E-state index contributed by atoms with van der Waals surface area (Å²) < 4.78 is 7.08. The van der Waals surface area contributed by atoms with Gasteiger partial charge in [-0.25, -0.2) is 4.79 Å². The van der Waals surface area contributed by atoms with E-state index in [0.29, 0.717) is 17.5 Å². The molecule has 0 bridgehead atoms. The van der Waals surface area contributed by atoms with Gasteiger partial charge >= 0.3 is 5.97 Å². The van der Waals surface area contributed by atoms with Crippen LogP contribution in [0.4, 0.5) is 0 Å². The maximum Gasteiger partial charge on any atom is 0.356 e. The third-order valence-corrected chi connectivity index (χ3v) is 4.10. The molecule has 2 fully saturated rings. The molecule has 1 saturated carbocycles. The molecule has 2 aliphatic rings. The van der Waals surface area contributed by atoms with E-state index >= 15 is 0 Å². The summed E-state index contributed by atoms with van der Waals surface area (Å²) in [6.07, 6.45) is 2.27. The molecule has 0 spiro atoms. The van der Waals surface area contributed by atoms with E-state index in [2.05, 4.69) is 24.3 Å². The van der Waals surface area contributed by atoms with Crippen LogP contribution in [0, 0.1) is 11.8 Å². The molecule has 18 heavy (non-hydrogen) atoms.